The van der Waals surface area contributed by atoms with Gasteiger partial charge in [-0.25, -0.2) is 4.98 Å². The van der Waals surface area contributed by atoms with Gasteiger partial charge in [0.1, 0.15) is 0 Å². The second-order valence-corrected chi connectivity index (χ2v) is 3.28. The molecule has 0 spiro atoms. The van der Waals surface area contributed by atoms with Gasteiger partial charge in [0.2, 0.25) is 12.6 Å². The van der Waals surface area contributed by atoms with Crippen LogP contribution in [0.5, 0.6) is 11.6 Å². The van der Waals surface area contributed by atoms with E-state index in [0.717, 1.165) is 0 Å². The molecule has 0 aliphatic rings. The SMILES string of the molecule is C=COC(C)Oc1cccnc1OC(C)OC=C. The van der Waals surface area contributed by atoms with Crippen LogP contribution in [0, 0.1) is 0 Å². The zero-order valence-corrected chi connectivity index (χ0v) is 10.5. The van der Waals surface area contributed by atoms with Crippen molar-refractivity contribution in [2.75, 3.05) is 0 Å². The first kappa shape index (κ1) is 13.9. The van der Waals surface area contributed by atoms with Crippen molar-refractivity contribution in [2.24, 2.45) is 0 Å². The smallest absolute Gasteiger partial charge is 0.260 e. The highest BCUT2D eigenvalue weighted by Crippen LogP contribution is 2.25. The van der Waals surface area contributed by atoms with Crippen molar-refractivity contribution in [1.82, 2.24) is 4.98 Å². The molecule has 0 N–H and O–H groups in total. The first-order chi connectivity index (χ1) is 8.67. The number of rotatable bonds is 8. The van der Waals surface area contributed by atoms with E-state index in [9.17, 15) is 0 Å². The third-order valence-corrected chi connectivity index (χ3v) is 1.88. The van der Waals surface area contributed by atoms with Gasteiger partial charge in [0.15, 0.2) is 5.75 Å². The van der Waals surface area contributed by atoms with Crippen LogP contribution >= 0.6 is 0 Å². The molecule has 0 fully saturated rings. The van der Waals surface area contributed by atoms with E-state index >= 15 is 0 Å². The lowest BCUT2D eigenvalue weighted by Gasteiger charge is -2.18. The Balaban J connectivity index is 2.72. The fourth-order valence-electron chi connectivity index (χ4n) is 1.22. The number of pyridine rings is 1. The Hall–Kier alpha value is -2.17. The van der Waals surface area contributed by atoms with Crippen molar-refractivity contribution in [1.29, 1.82) is 0 Å². The largest absolute Gasteiger partial charge is 0.463 e. The van der Waals surface area contributed by atoms with Crippen molar-refractivity contribution in [3.8, 4) is 11.6 Å². The molecule has 0 aliphatic carbocycles. The second-order valence-electron chi connectivity index (χ2n) is 3.28. The second kappa shape index (κ2) is 7.21. The lowest BCUT2D eigenvalue weighted by molar-refractivity contribution is -0.0346. The van der Waals surface area contributed by atoms with E-state index in [2.05, 4.69) is 18.1 Å². The minimum absolute atomic E-state index is 0.325. The van der Waals surface area contributed by atoms with Crippen molar-refractivity contribution >= 4 is 0 Å². The summed E-state index contributed by atoms with van der Waals surface area (Å²) in [6.07, 6.45) is 3.23. The van der Waals surface area contributed by atoms with E-state index in [1.165, 1.54) is 12.5 Å². The van der Waals surface area contributed by atoms with Gasteiger partial charge in [-0.3, -0.25) is 0 Å². The van der Waals surface area contributed by atoms with Crippen molar-refractivity contribution in [2.45, 2.75) is 26.4 Å². The molecule has 98 valence electrons. The summed E-state index contributed by atoms with van der Waals surface area (Å²) in [5.74, 6) is 0.790. The molecule has 5 nitrogen and oxygen atoms in total. The highest BCUT2D eigenvalue weighted by atomic mass is 16.7. The van der Waals surface area contributed by atoms with Gasteiger partial charge in [-0.15, -0.1) is 0 Å². The summed E-state index contributed by atoms with van der Waals surface area (Å²) in [5.41, 5.74) is 0. The minimum Gasteiger partial charge on any atom is -0.463 e. The average Bonchev–Trinajstić information content (AvgIpc) is 2.32. The molecule has 1 aromatic rings. The maximum atomic E-state index is 5.50. The predicted octanol–water partition coefficient (Wildman–Crippen LogP) is 2.85. The maximum Gasteiger partial charge on any atom is 0.260 e. The highest BCUT2D eigenvalue weighted by Gasteiger charge is 2.13. The molecule has 2 atom stereocenters. The highest BCUT2D eigenvalue weighted by molar-refractivity contribution is 5.32. The normalized spacial score (nSPS) is 13.0. The average molecular weight is 251 g/mol. The molecule has 18 heavy (non-hydrogen) atoms. The lowest BCUT2D eigenvalue weighted by atomic mass is 10.4. The zero-order chi connectivity index (χ0) is 13.4. The van der Waals surface area contributed by atoms with Gasteiger partial charge < -0.3 is 18.9 Å². The van der Waals surface area contributed by atoms with Gasteiger partial charge in [-0.05, 0) is 12.1 Å². The fraction of sp³-hybridized carbons (Fsp3) is 0.308. The van der Waals surface area contributed by atoms with Crippen LogP contribution in [0.25, 0.3) is 0 Å². The van der Waals surface area contributed by atoms with Crippen molar-refractivity contribution in [3.63, 3.8) is 0 Å². The monoisotopic (exact) mass is 251 g/mol. The Morgan fingerprint density at radius 1 is 1.11 bits per heavy atom. The van der Waals surface area contributed by atoms with Crippen LogP contribution in [0.4, 0.5) is 0 Å². The molecule has 0 saturated carbocycles. The van der Waals surface area contributed by atoms with Crippen molar-refractivity contribution < 1.29 is 18.9 Å². The summed E-state index contributed by atoms with van der Waals surface area (Å²) in [6, 6.07) is 3.47. The summed E-state index contributed by atoms with van der Waals surface area (Å²) in [7, 11) is 0. The topological polar surface area (TPSA) is 49.8 Å². The van der Waals surface area contributed by atoms with E-state index in [1.807, 2.05) is 0 Å². The van der Waals surface area contributed by atoms with Crippen LogP contribution in [-0.2, 0) is 9.47 Å². The van der Waals surface area contributed by atoms with Crippen LogP contribution in [0.15, 0.2) is 44.0 Å². The number of aromatic nitrogens is 1. The Morgan fingerprint density at radius 3 is 2.33 bits per heavy atom. The molecule has 1 aromatic heterocycles. The summed E-state index contributed by atoms with van der Waals surface area (Å²) < 4.78 is 21.1. The first-order valence-corrected chi connectivity index (χ1v) is 5.48. The van der Waals surface area contributed by atoms with Crippen LogP contribution < -0.4 is 9.47 Å². The maximum absolute atomic E-state index is 5.50. The van der Waals surface area contributed by atoms with E-state index in [1.54, 1.807) is 32.2 Å². The summed E-state index contributed by atoms with van der Waals surface area (Å²) in [4.78, 5) is 4.07. The molecule has 0 aromatic carbocycles. The molecule has 0 aliphatic heterocycles. The quantitative estimate of drug-likeness (QED) is 0.525. The third-order valence-electron chi connectivity index (χ3n) is 1.88. The molecule has 1 heterocycles. The number of hydrogen-bond donors (Lipinski definition) is 0. The summed E-state index contributed by atoms with van der Waals surface area (Å²) in [6.45, 7) is 10.4. The molecule has 1 rings (SSSR count). The van der Waals surface area contributed by atoms with Crippen LogP contribution in [-0.4, -0.2) is 17.6 Å². The fourth-order valence-corrected chi connectivity index (χ4v) is 1.22. The third kappa shape index (κ3) is 4.37. The Labute approximate surface area is 107 Å². The Morgan fingerprint density at radius 2 is 1.72 bits per heavy atom. The molecular weight excluding hydrogens is 234 g/mol. The number of hydrogen-bond acceptors (Lipinski definition) is 5. The van der Waals surface area contributed by atoms with Gasteiger partial charge in [0, 0.05) is 20.0 Å². The van der Waals surface area contributed by atoms with Crippen molar-refractivity contribution in [3.05, 3.63) is 44.0 Å². The summed E-state index contributed by atoms with van der Waals surface area (Å²) in [5, 5.41) is 0. The van der Waals surface area contributed by atoms with Gasteiger partial charge in [0.25, 0.3) is 5.88 Å². The Kier molecular flexibility index (Phi) is 5.57. The Bertz CT molecular complexity index is 357. The molecule has 0 radical (unpaired) electrons. The van der Waals surface area contributed by atoms with E-state index in [0.29, 0.717) is 11.6 Å². The molecule has 5 heteroatoms. The molecule has 0 saturated heterocycles. The zero-order valence-electron chi connectivity index (χ0n) is 10.5. The van der Waals surface area contributed by atoms with Gasteiger partial charge >= 0.3 is 0 Å². The van der Waals surface area contributed by atoms with Gasteiger partial charge in [0.05, 0.1) is 12.5 Å². The predicted molar refractivity (Wildman–Crippen MR) is 67.0 cm³/mol. The number of ether oxygens (including phenoxy) is 4. The molecule has 2 unspecified atom stereocenters. The minimum atomic E-state index is -0.504. The van der Waals surface area contributed by atoms with E-state index in [4.69, 9.17) is 18.9 Å². The van der Waals surface area contributed by atoms with E-state index < -0.39 is 12.6 Å². The molecular formula is C13H17NO4. The molecule has 0 bridgehead atoms. The lowest BCUT2D eigenvalue weighted by Crippen LogP contribution is -2.17. The van der Waals surface area contributed by atoms with Crippen LogP contribution in [0.3, 0.4) is 0 Å². The number of nitrogens with zero attached hydrogens (tertiary/aromatic N) is 1. The van der Waals surface area contributed by atoms with E-state index in [-0.39, 0.29) is 0 Å². The van der Waals surface area contributed by atoms with Crippen LogP contribution in [0.2, 0.25) is 0 Å². The standard InChI is InChI=1S/C13H17NO4/c1-5-15-10(3)17-12-8-7-9-14-13(12)18-11(4)16-6-2/h5-11H,1-2H2,3-4H3. The van der Waals surface area contributed by atoms with Gasteiger partial charge in [-0.2, -0.15) is 0 Å². The summed E-state index contributed by atoms with van der Waals surface area (Å²) >= 11 is 0. The van der Waals surface area contributed by atoms with Crippen LogP contribution in [0.1, 0.15) is 13.8 Å². The first-order valence-electron chi connectivity index (χ1n) is 5.48. The molecule has 0 amide bonds. The van der Waals surface area contributed by atoms with Gasteiger partial charge in [-0.1, -0.05) is 13.2 Å².